The molecule has 40 heavy (non-hydrogen) atoms. The van der Waals surface area contributed by atoms with Crippen LogP contribution < -0.4 is 26.5 Å². The Hall–Kier alpha value is -4.09. The molecule has 3 aromatic rings. The van der Waals surface area contributed by atoms with E-state index < -0.39 is 34.9 Å². The van der Waals surface area contributed by atoms with Crippen LogP contribution in [0.2, 0.25) is 0 Å². The van der Waals surface area contributed by atoms with Crippen LogP contribution in [0.4, 0.5) is 5.13 Å². The van der Waals surface area contributed by atoms with Gasteiger partial charge >= 0.3 is 5.65 Å². The largest absolute Gasteiger partial charge is 0.543 e. The quantitative estimate of drug-likeness (QED) is 0.111. The van der Waals surface area contributed by atoms with Crippen LogP contribution in [0.1, 0.15) is 26.6 Å². The number of nitrogen functional groups attached to an aromatic ring is 1. The first-order valence-corrected chi connectivity index (χ1v) is 14.0. The van der Waals surface area contributed by atoms with Crippen LogP contribution in [-0.4, -0.2) is 71.1 Å². The second-order valence-corrected chi connectivity index (χ2v) is 11.4. The highest BCUT2D eigenvalue weighted by Gasteiger charge is 2.53. The maximum absolute atomic E-state index is 13.2. The lowest BCUT2D eigenvalue weighted by Crippen LogP contribution is -2.71. The number of thioether (sulfide) groups is 1. The van der Waals surface area contributed by atoms with E-state index >= 15 is 0 Å². The molecule has 2 unspecified atom stereocenters. The molecule has 1 saturated heterocycles. The predicted molar refractivity (Wildman–Crippen MR) is 143 cm³/mol. The lowest BCUT2D eigenvalue weighted by Gasteiger charge is -2.50. The van der Waals surface area contributed by atoms with Crippen LogP contribution in [-0.2, 0) is 31.4 Å². The highest BCUT2D eigenvalue weighted by atomic mass is 32.2. The average Bonchev–Trinajstić information content (AvgIpc) is 3.54. The first kappa shape index (κ1) is 27.5. The van der Waals surface area contributed by atoms with E-state index in [2.05, 4.69) is 24.8 Å². The number of nitrogens with one attached hydrogen (secondary N) is 1. The molecule has 0 bridgehead atoms. The van der Waals surface area contributed by atoms with Gasteiger partial charge in [-0.15, -0.1) is 11.8 Å². The lowest BCUT2D eigenvalue weighted by molar-refractivity contribution is -0.664. The van der Waals surface area contributed by atoms with Gasteiger partial charge < -0.3 is 31.5 Å². The van der Waals surface area contributed by atoms with Gasteiger partial charge in [-0.2, -0.15) is 9.36 Å². The van der Waals surface area contributed by atoms with Gasteiger partial charge in [0.05, 0.1) is 23.5 Å². The van der Waals surface area contributed by atoms with Crippen molar-refractivity contribution in [3.8, 4) is 0 Å². The molecule has 0 aliphatic carbocycles. The van der Waals surface area contributed by atoms with E-state index in [4.69, 9.17) is 16.3 Å². The van der Waals surface area contributed by atoms with E-state index in [-0.39, 0.29) is 41.3 Å². The first-order chi connectivity index (χ1) is 19.0. The zero-order valence-electron chi connectivity index (χ0n) is 21.7. The minimum Gasteiger partial charge on any atom is -0.543 e. The number of carboxylic acid groups (broad SMARTS) is 1. The second kappa shape index (κ2) is 10.5. The third-order valence-corrected chi connectivity index (χ3v) is 8.12. The summed E-state index contributed by atoms with van der Waals surface area (Å²) in [6.45, 7) is 5.72. The molecule has 2 aliphatic heterocycles. The molecule has 0 saturated carbocycles. The topological polar surface area (TPSA) is 211 Å². The Morgan fingerprint density at radius 1 is 1.40 bits per heavy atom. The molecular formula is C23H26N10O5S2. The van der Waals surface area contributed by atoms with Crippen LogP contribution in [0.3, 0.4) is 0 Å². The molecular weight excluding hydrogens is 560 g/mol. The number of nitrogens with zero attached hydrogens (tertiary/aromatic N) is 7. The number of nitrogens with two attached hydrogens (primary N) is 2. The van der Waals surface area contributed by atoms with Gasteiger partial charge in [0.15, 0.2) is 5.13 Å². The highest BCUT2D eigenvalue weighted by molar-refractivity contribution is 8.00. The van der Waals surface area contributed by atoms with Crippen LogP contribution in [0, 0.1) is 0 Å². The molecule has 17 heteroatoms. The Labute approximate surface area is 236 Å². The van der Waals surface area contributed by atoms with Gasteiger partial charge in [0.25, 0.3) is 11.8 Å². The van der Waals surface area contributed by atoms with Gasteiger partial charge in [-0.3, -0.25) is 19.1 Å². The van der Waals surface area contributed by atoms with Gasteiger partial charge in [-0.05, 0) is 37.9 Å². The van der Waals surface area contributed by atoms with Crippen molar-refractivity contribution in [3.05, 3.63) is 41.8 Å². The smallest absolute Gasteiger partial charge is 0.349 e. The number of carboxylic acids is 1. The van der Waals surface area contributed by atoms with Crippen molar-refractivity contribution in [2.45, 2.75) is 44.4 Å². The maximum atomic E-state index is 13.2. The van der Waals surface area contributed by atoms with Gasteiger partial charge in [0.1, 0.15) is 30.1 Å². The van der Waals surface area contributed by atoms with Gasteiger partial charge in [-0.25, -0.2) is 4.57 Å². The zero-order chi connectivity index (χ0) is 28.8. The number of carbonyl (C=O) groups is 3. The Kier molecular flexibility index (Phi) is 7.19. The minimum absolute atomic E-state index is 0.0438. The number of amides is 2. The summed E-state index contributed by atoms with van der Waals surface area (Å²) < 4.78 is 7.60. The van der Waals surface area contributed by atoms with Crippen molar-refractivity contribution in [3.63, 3.8) is 0 Å². The van der Waals surface area contributed by atoms with Crippen molar-refractivity contribution >= 4 is 63.1 Å². The number of anilines is 1. The summed E-state index contributed by atoms with van der Waals surface area (Å²) in [5.74, 6) is -2.60. The van der Waals surface area contributed by atoms with Crippen LogP contribution >= 0.6 is 23.3 Å². The molecule has 2 amide bonds. The fourth-order valence-electron chi connectivity index (χ4n) is 4.47. The van der Waals surface area contributed by atoms with Crippen molar-refractivity contribution in [2.24, 2.45) is 10.9 Å². The van der Waals surface area contributed by atoms with Crippen LogP contribution in [0.15, 0.2) is 41.1 Å². The molecule has 2 atom stereocenters. The Balaban J connectivity index is 1.39. The van der Waals surface area contributed by atoms with Crippen LogP contribution in [0.25, 0.3) is 11.2 Å². The Morgan fingerprint density at radius 2 is 2.17 bits per heavy atom. The Morgan fingerprint density at radius 3 is 2.83 bits per heavy atom. The SMILES string of the molecule is CCO/N=C(\C(=O)NC1C(=O)N2C(C(=O)[O-])=C(C[n+]3cccc4c3ncn4C(C)(C)N)CSC12)c1nsc(N)n1. The van der Waals surface area contributed by atoms with Crippen molar-refractivity contribution < 1.29 is 28.9 Å². The van der Waals surface area contributed by atoms with Crippen LogP contribution in [0.5, 0.6) is 0 Å². The number of pyridine rings is 1. The van der Waals surface area contributed by atoms with E-state index in [0.29, 0.717) is 11.2 Å². The minimum atomic E-state index is -1.49. The number of β-lactam (4-membered cyclic amide) rings is 1. The zero-order valence-corrected chi connectivity index (χ0v) is 23.4. The van der Waals surface area contributed by atoms with Crippen molar-refractivity contribution in [1.29, 1.82) is 0 Å². The first-order valence-electron chi connectivity index (χ1n) is 12.1. The number of hydrogen-bond donors (Lipinski definition) is 3. The number of imidazole rings is 1. The normalized spacial score (nSPS) is 19.4. The third-order valence-electron chi connectivity index (χ3n) is 6.24. The summed E-state index contributed by atoms with van der Waals surface area (Å²) in [5, 5.41) is 18.1. The molecule has 210 valence electrons. The van der Waals surface area contributed by atoms with Crippen molar-refractivity contribution in [2.75, 3.05) is 18.1 Å². The van der Waals surface area contributed by atoms with E-state index in [9.17, 15) is 19.5 Å². The van der Waals surface area contributed by atoms with E-state index in [1.807, 2.05) is 30.5 Å². The van der Waals surface area contributed by atoms with Gasteiger partial charge in [0.2, 0.25) is 17.9 Å². The fraction of sp³-hybridized carbons (Fsp3) is 0.391. The van der Waals surface area contributed by atoms with E-state index in [1.54, 1.807) is 24.0 Å². The molecule has 0 spiro atoms. The van der Waals surface area contributed by atoms with Gasteiger partial charge in [-0.1, -0.05) is 5.16 Å². The number of oxime groups is 1. The number of aliphatic carboxylic acids is 1. The summed E-state index contributed by atoms with van der Waals surface area (Å²) in [5.41, 5.74) is 12.6. The monoisotopic (exact) mass is 586 g/mol. The molecule has 0 aromatic carbocycles. The summed E-state index contributed by atoms with van der Waals surface area (Å²) in [6, 6.07) is 2.68. The van der Waals surface area contributed by atoms with E-state index in [0.717, 1.165) is 21.9 Å². The predicted octanol–water partition coefficient (Wildman–Crippen LogP) is -1.75. The lowest BCUT2D eigenvalue weighted by atomic mass is 10.0. The molecule has 0 radical (unpaired) electrons. The second-order valence-electron chi connectivity index (χ2n) is 9.53. The molecule has 3 aromatic heterocycles. The Bertz CT molecular complexity index is 1570. The number of aromatic nitrogens is 5. The molecule has 2 aliphatic rings. The summed E-state index contributed by atoms with van der Waals surface area (Å²) in [4.78, 5) is 53.1. The number of fused-ring (bicyclic) bond motifs is 2. The number of rotatable bonds is 9. The fourth-order valence-corrected chi connectivity index (χ4v) is 6.24. The standard InChI is InChI=1S/C23H26N10O5S2/c1-4-38-29-13(16-28-22(24)40-30-16)18(34)27-14-19(35)33-15(21(36)37)11(9-39-20(14)33)8-31-7-5-6-12-17(31)26-10-32(12)23(2,3)25/h5-7,10,14,20H,4,8-9,25H2,1-3H3,(H3-,24,27,28,30,34,36,37)/b29-13-. The van der Waals surface area contributed by atoms with E-state index in [1.165, 1.54) is 11.8 Å². The van der Waals surface area contributed by atoms with Gasteiger partial charge in [0, 0.05) is 22.9 Å². The molecule has 5 heterocycles. The summed E-state index contributed by atoms with van der Waals surface area (Å²) in [7, 11) is 0. The summed E-state index contributed by atoms with van der Waals surface area (Å²) >= 11 is 2.20. The molecule has 15 nitrogen and oxygen atoms in total. The highest BCUT2D eigenvalue weighted by Crippen LogP contribution is 2.40. The van der Waals surface area contributed by atoms with Crippen molar-refractivity contribution in [1.82, 2.24) is 29.1 Å². The third kappa shape index (κ3) is 4.86. The molecule has 5 rings (SSSR count). The number of carbonyl (C=O) groups excluding carboxylic acids is 3. The molecule has 5 N–H and O–H groups in total. The molecule has 1 fully saturated rings. The summed E-state index contributed by atoms with van der Waals surface area (Å²) in [6.07, 6.45) is 3.41. The maximum Gasteiger partial charge on any atom is 0.349 e. The number of hydrogen-bond acceptors (Lipinski definition) is 13. The average molecular weight is 587 g/mol.